The van der Waals surface area contributed by atoms with Crippen LogP contribution in [0.4, 0.5) is 0 Å². The molecule has 17 nitrogen and oxygen atoms in total. The molecular weight excluding hydrogens is 668 g/mol. The largest absolute Gasteiger partial charge is 0.504 e. The lowest BCUT2D eigenvalue weighted by atomic mass is 9.94. The van der Waals surface area contributed by atoms with Gasteiger partial charge in [0.25, 0.3) is 11.8 Å². The highest BCUT2D eigenvalue weighted by Crippen LogP contribution is 2.25. The van der Waals surface area contributed by atoms with Gasteiger partial charge in [-0.05, 0) is 101 Å². The molecular formula is C34H50N6O11. The van der Waals surface area contributed by atoms with Crippen molar-refractivity contribution in [2.45, 2.75) is 57.0 Å². The first kappa shape index (κ1) is 42.0. The SMILES string of the molecule is O=C(CC(O)(CC(=O)NCCCNCCCCNC(=O)c1ccc(O)c(O)c1)C(=O)O)NCCCNCCCCNC(=O)c1ccc(O)c(O)c1. The summed E-state index contributed by atoms with van der Waals surface area (Å²) in [4.78, 5) is 60.4. The summed E-state index contributed by atoms with van der Waals surface area (Å²) >= 11 is 0. The number of nitrogens with one attached hydrogen (secondary N) is 6. The molecule has 0 fully saturated rings. The molecule has 0 saturated heterocycles. The third kappa shape index (κ3) is 16.4. The summed E-state index contributed by atoms with van der Waals surface area (Å²) < 4.78 is 0. The highest BCUT2D eigenvalue weighted by Gasteiger charge is 2.40. The summed E-state index contributed by atoms with van der Waals surface area (Å²) in [5.74, 6) is -5.15. The van der Waals surface area contributed by atoms with Gasteiger partial charge in [-0.2, -0.15) is 0 Å². The number of phenolic OH excluding ortho intramolecular Hbond substituents is 4. The van der Waals surface area contributed by atoms with Gasteiger partial charge < -0.3 is 62.5 Å². The van der Waals surface area contributed by atoms with Crippen molar-refractivity contribution in [2.75, 3.05) is 52.4 Å². The molecule has 0 unspecified atom stereocenters. The van der Waals surface area contributed by atoms with Gasteiger partial charge in [-0.25, -0.2) is 4.79 Å². The average molecular weight is 719 g/mol. The number of carbonyl (C=O) groups excluding carboxylic acids is 4. The quantitative estimate of drug-likeness (QED) is 0.0477. The van der Waals surface area contributed by atoms with E-state index in [1.807, 2.05) is 0 Å². The molecule has 2 rings (SSSR count). The zero-order valence-electron chi connectivity index (χ0n) is 28.5. The molecule has 0 radical (unpaired) electrons. The number of carboxylic acids is 1. The third-order valence-corrected chi connectivity index (χ3v) is 7.62. The molecule has 0 saturated carbocycles. The van der Waals surface area contributed by atoms with Crippen LogP contribution in [0.2, 0.25) is 0 Å². The van der Waals surface area contributed by atoms with E-state index >= 15 is 0 Å². The van der Waals surface area contributed by atoms with E-state index < -0.39 is 36.2 Å². The fourth-order valence-electron chi connectivity index (χ4n) is 4.69. The number of carbonyl (C=O) groups is 5. The van der Waals surface area contributed by atoms with Crippen molar-refractivity contribution in [3.05, 3.63) is 47.5 Å². The monoisotopic (exact) mass is 718 g/mol. The number of aliphatic carboxylic acids is 1. The minimum absolute atomic E-state index is 0.232. The van der Waals surface area contributed by atoms with E-state index in [4.69, 9.17) is 0 Å². The van der Waals surface area contributed by atoms with Crippen molar-refractivity contribution in [3.63, 3.8) is 0 Å². The van der Waals surface area contributed by atoms with E-state index in [9.17, 15) is 54.6 Å². The Labute approximate surface area is 295 Å². The molecule has 51 heavy (non-hydrogen) atoms. The van der Waals surface area contributed by atoms with Crippen LogP contribution in [0, 0.1) is 0 Å². The molecule has 4 amide bonds. The van der Waals surface area contributed by atoms with Crippen LogP contribution >= 0.6 is 0 Å². The molecule has 0 aromatic heterocycles. The minimum atomic E-state index is -2.55. The highest BCUT2D eigenvalue weighted by molar-refractivity contribution is 5.95. The number of phenols is 4. The van der Waals surface area contributed by atoms with Gasteiger partial charge >= 0.3 is 5.97 Å². The molecule has 0 aliphatic rings. The Bertz CT molecular complexity index is 1360. The predicted molar refractivity (Wildman–Crippen MR) is 185 cm³/mol. The molecule has 0 aliphatic heterocycles. The van der Waals surface area contributed by atoms with E-state index in [0.717, 1.165) is 12.8 Å². The van der Waals surface area contributed by atoms with Gasteiger partial charge in [0.05, 0.1) is 12.8 Å². The molecule has 12 N–H and O–H groups in total. The van der Waals surface area contributed by atoms with Gasteiger partial charge in [0, 0.05) is 37.3 Å². The zero-order chi connectivity index (χ0) is 37.6. The van der Waals surface area contributed by atoms with Crippen LogP contribution in [0.3, 0.4) is 0 Å². The van der Waals surface area contributed by atoms with E-state index in [-0.39, 0.29) is 59.0 Å². The van der Waals surface area contributed by atoms with Crippen LogP contribution in [0.15, 0.2) is 36.4 Å². The first-order valence-corrected chi connectivity index (χ1v) is 16.8. The third-order valence-electron chi connectivity index (χ3n) is 7.62. The average Bonchev–Trinajstić information content (AvgIpc) is 3.08. The Morgan fingerprint density at radius 2 is 0.843 bits per heavy atom. The van der Waals surface area contributed by atoms with Crippen molar-refractivity contribution in [1.82, 2.24) is 31.9 Å². The van der Waals surface area contributed by atoms with Gasteiger partial charge in [0.15, 0.2) is 28.6 Å². The maximum atomic E-state index is 12.3. The lowest BCUT2D eigenvalue weighted by Gasteiger charge is -2.22. The fraction of sp³-hybridized carbons (Fsp3) is 0.500. The van der Waals surface area contributed by atoms with Gasteiger partial charge in [-0.3, -0.25) is 19.2 Å². The normalized spacial score (nSPS) is 11.1. The van der Waals surface area contributed by atoms with Crippen molar-refractivity contribution < 1.29 is 54.6 Å². The van der Waals surface area contributed by atoms with Gasteiger partial charge in [0.1, 0.15) is 0 Å². The molecule has 0 heterocycles. The van der Waals surface area contributed by atoms with Crippen LogP contribution in [-0.4, -0.2) is 118 Å². The Morgan fingerprint density at radius 1 is 0.490 bits per heavy atom. The van der Waals surface area contributed by atoms with Crippen LogP contribution in [0.5, 0.6) is 23.0 Å². The van der Waals surface area contributed by atoms with Gasteiger partial charge in [-0.1, -0.05) is 0 Å². The van der Waals surface area contributed by atoms with Gasteiger partial charge in [0.2, 0.25) is 11.8 Å². The Kier molecular flexibility index (Phi) is 18.6. The lowest BCUT2D eigenvalue weighted by Crippen LogP contribution is -2.47. The molecule has 17 heteroatoms. The summed E-state index contributed by atoms with van der Waals surface area (Å²) in [6.45, 7) is 3.75. The topological polar surface area (TPSA) is 279 Å². The Balaban J connectivity index is 1.47. The minimum Gasteiger partial charge on any atom is -0.504 e. The maximum Gasteiger partial charge on any atom is 0.336 e. The summed E-state index contributed by atoms with van der Waals surface area (Å²) in [7, 11) is 0. The Morgan fingerprint density at radius 3 is 1.22 bits per heavy atom. The highest BCUT2D eigenvalue weighted by atomic mass is 16.4. The van der Waals surface area contributed by atoms with Crippen LogP contribution in [-0.2, 0) is 14.4 Å². The molecule has 2 aromatic rings. The zero-order valence-corrected chi connectivity index (χ0v) is 28.5. The summed E-state index contributed by atoms with van der Waals surface area (Å²) in [6, 6.07) is 7.65. The van der Waals surface area contributed by atoms with Crippen molar-refractivity contribution >= 4 is 29.6 Å². The van der Waals surface area contributed by atoms with Gasteiger partial charge in [-0.15, -0.1) is 0 Å². The first-order valence-electron chi connectivity index (χ1n) is 16.8. The number of carboxylic acid groups (broad SMARTS) is 1. The van der Waals surface area contributed by atoms with E-state index in [1.165, 1.54) is 36.4 Å². The number of hydrogen-bond acceptors (Lipinski definition) is 12. The molecule has 282 valence electrons. The predicted octanol–water partition coefficient (Wildman–Crippen LogP) is 0.0169. The number of unbranched alkanes of at least 4 members (excludes halogenated alkanes) is 2. The number of rotatable bonds is 25. The molecule has 0 bridgehead atoms. The second-order valence-corrected chi connectivity index (χ2v) is 11.9. The number of hydrogen-bond donors (Lipinski definition) is 12. The first-order chi connectivity index (χ1) is 24.3. The second kappa shape index (κ2) is 22.6. The smallest absolute Gasteiger partial charge is 0.336 e. The summed E-state index contributed by atoms with van der Waals surface area (Å²) in [5.41, 5.74) is -2.08. The second-order valence-electron chi connectivity index (χ2n) is 11.9. The van der Waals surface area contributed by atoms with Crippen LogP contribution in [0.25, 0.3) is 0 Å². The molecule has 2 aromatic carbocycles. The summed E-state index contributed by atoms with van der Waals surface area (Å²) in [5, 5.41) is 74.6. The van der Waals surface area contributed by atoms with Crippen LogP contribution in [0.1, 0.15) is 72.1 Å². The van der Waals surface area contributed by atoms with Crippen molar-refractivity contribution in [2.24, 2.45) is 0 Å². The number of aromatic hydroxyl groups is 4. The standard InChI is InChI=1S/C34H50N6O11/c41-25-9-7-23(19-27(25)43)31(47)39-15-3-1-11-35-13-5-17-37-29(45)21-34(51,33(49)50)22-30(46)38-18-6-14-36-12-2-4-16-40-32(48)24-8-10-26(42)28(44)20-24/h7-10,19-20,35-36,41-44,51H,1-6,11-18,21-22H2,(H,37,45)(H,38,46)(H,39,47)(H,40,48)(H,49,50). The molecule has 0 atom stereocenters. The Hall–Kier alpha value is -5.13. The maximum absolute atomic E-state index is 12.3. The summed E-state index contributed by atoms with van der Waals surface area (Å²) in [6.07, 6.45) is 2.43. The number of benzene rings is 2. The van der Waals surface area contributed by atoms with E-state index in [1.54, 1.807) is 0 Å². The van der Waals surface area contributed by atoms with Crippen molar-refractivity contribution in [1.29, 1.82) is 0 Å². The van der Waals surface area contributed by atoms with E-state index in [0.29, 0.717) is 65.0 Å². The number of aliphatic hydroxyl groups is 1. The molecule has 0 spiro atoms. The van der Waals surface area contributed by atoms with Crippen LogP contribution < -0.4 is 31.9 Å². The lowest BCUT2D eigenvalue weighted by molar-refractivity contribution is -0.164. The van der Waals surface area contributed by atoms with E-state index in [2.05, 4.69) is 31.9 Å². The molecule has 0 aliphatic carbocycles. The number of amides is 4. The van der Waals surface area contributed by atoms with Crippen molar-refractivity contribution in [3.8, 4) is 23.0 Å². The fourth-order valence-corrected chi connectivity index (χ4v) is 4.69.